The molecule has 1 N–H and O–H groups in total. The zero-order chi connectivity index (χ0) is 14.1. The Hall–Kier alpha value is -1.52. The molecule has 3 rings (SSSR count). The number of thioether (sulfide) groups is 1. The van der Waals surface area contributed by atoms with E-state index >= 15 is 0 Å². The summed E-state index contributed by atoms with van der Waals surface area (Å²) in [6, 6.07) is 15.9. The Kier molecular flexibility index (Phi) is 3.68. The molecule has 0 fully saturated rings. The summed E-state index contributed by atoms with van der Waals surface area (Å²) in [5.74, 6) is 0. The van der Waals surface area contributed by atoms with Crippen LogP contribution in [0.3, 0.4) is 0 Å². The van der Waals surface area contributed by atoms with Gasteiger partial charge in [-0.15, -0.1) is 11.8 Å². The van der Waals surface area contributed by atoms with Crippen molar-refractivity contribution in [3.8, 4) is 11.3 Å². The SMILES string of the molecule is CSc1ccccc1-c1cc2ccc(Br)cc2c(=O)[nH]1. The lowest BCUT2D eigenvalue weighted by atomic mass is 10.1. The van der Waals surface area contributed by atoms with Crippen LogP contribution in [0.25, 0.3) is 22.0 Å². The van der Waals surface area contributed by atoms with Gasteiger partial charge in [0.25, 0.3) is 5.56 Å². The first-order valence-electron chi connectivity index (χ1n) is 6.15. The monoisotopic (exact) mass is 345 g/mol. The Balaban J connectivity index is 2.28. The highest BCUT2D eigenvalue weighted by Crippen LogP contribution is 2.29. The van der Waals surface area contributed by atoms with Crippen LogP contribution >= 0.6 is 27.7 Å². The average Bonchev–Trinajstić information content (AvgIpc) is 2.47. The Morgan fingerprint density at radius 3 is 2.70 bits per heavy atom. The number of nitrogens with one attached hydrogen (secondary N) is 1. The summed E-state index contributed by atoms with van der Waals surface area (Å²) in [5.41, 5.74) is 1.85. The van der Waals surface area contributed by atoms with Crippen molar-refractivity contribution >= 4 is 38.5 Å². The van der Waals surface area contributed by atoms with Crippen LogP contribution in [0.2, 0.25) is 0 Å². The number of aromatic amines is 1. The van der Waals surface area contributed by atoms with Crippen molar-refractivity contribution in [3.63, 3.8) is 0 Å². The van der Waals surface area contributed by atoms with Crippen LogP contribution in [0.1, 0.15) is 0 Å². The van der Waals surface area contributed by atoms with Gasteiger partial charge in [-0.05, 0) is 35.9 Å². The van der Waals surface area contributed by atoms with Crippen LogP contribution in [0.15, 0.2) is 62.7 Å². The van der Waals surface area contributed by atoms with Crippen LogP contribution < -0.4 is 5.56 Å². The second kappa shape index (κ2) is 5.46. The molecule has 2 nitrogen and oxygen atoms in total. The van der Waals surface area contributed by atoms with Crippen molar-refractivity contribution in [2.24, 2.45) is 0 Å². The molecular weight excluding hydrogens is 334 g/mol. The summed E-state index contributed by atoms with van der Waals surface area (Å²) >= 11 is 5.07. The highest BCUT2D eigenvalue weighted by atomic mass is 79.9. The van der Waals surface area contributed by atoms with Gasteiger partial charge < -0.3 is 4.98 Å². The maximum atomic E-state index is 12.2. The molecule has 0 saturated heterocycles. The molecule has 0 radical (unpaired) electrons. The molecule has 0 bridgehead atoms. The summed E-state index contributed by atoms with van der Waals surface area (Å²) in [7, 11) is 0. The van der Waals surface area contributed by atoms with Gasteiger partial charge >= 0.3 is 0 Å². The van der Waals surface area contributed by atoms with Crippen molar-refractivity contribution in [3.05, 3.63) is 63.4 Å². The van der Waals surface area contributed by atoms with E-state index in [9.17, 15) is 4.79 Å². The van der Waals surface area contributed by atoms with E-state index in [4.69, 9.17) is 0 Å². The number of fused-ring (bicyclic) bond motifs is 1. The van der Waals surface area contributed by atoms with Gasteiger partial charge in [0.05, 0.1) is 5.69 Å². The first kappa shape index (κ1) is 13.5. The minimum absolute atomic E-state index is 0.0605. The molecule has 0 unspecified atom stereocenters. The fourth-order valence-electron chi connectivity index (χ4n) is 2.24. The third-order valence-electron chi connectivity index (χ3n) is 3.21. The van der Waals surface area contributed by atoms with Crippen LogP contribution in [-0.4, -0.2) is 11.2 Å². The van der Waals surface area contributed by atoms with Gasteiger partial charge in [-0.2, -0.15) is 0 Å². The molecule has 0 aliphatic rings. The zero-order valence-corrected chi connectivity index (χ0v) is 13.2. The van der Waals surface area contributed by atoms with Gasteiger partial charge in [0, 0.05) is 20.3 Å². The second-order valence-electron chi connectivity index (χ2n) is 4.44. The highest BCUT2D eigenvalue weighted by Gasteiger charge is 2.07. The van der Waals surface area contributed by atoms with Crippen molar-refractivity contribution in [2.75, 3.05) is 6.26 Å². The Labute approximate surface area is 129 Å². The van der Waals surface area contributed by atoms with Crippen LogP contribution in [0, 0.1) is 0 Å². The molecule has 100 valence electrons. The fraction of sp³-hybridized carbons (Fsp3) is 0.0625. The maximum absolute atomic E-state index is 12.2. The molecule has 20 heavy (non-hydrogen) atoms. The second-order valence-corrected chi connectivity index (χ2v) is 6.21. The predicted molar refractivity (Wildman–Crippen MR) is 89.5 cm³/mol. The summed E-state index contributed by atoms with van der Waals surface area (Å²) in [6.45, 7) is 0. The van der Waals surface area contributed by atoms with Gasteiger partial charge in [0.1, 0.15) is 0 Å². The molecule has 1 heterocycles. The van der Waals surface area contributed by atoms with Gasteiger partial charge in [0.15, 0.2) is 0 Å². The molecule has 1 aromatic heterocycles. The van der Waals surface area contributed by atoms with Crippen molar-refractivity contribution in [1.82, 2.24) is 4.98 Å². The van der Waals surface area contributed by atoms with Gasteiger partial charge in [-0.3, -0.25) is 4.79 Å². The Bertz CT molecular complexity index is 841. The molecule has 3 aromatic rings. The molecule has 0 amide bonds. The lowest BCUT2D eigenvalue weighted by molar-refractivity contribution is 1.25. The lowest BCUT2D eigenvalue weighted by Crippen LogP contribution is -2.07. The quantitative estimate of drug-likeness (QED) is 0.684. The van der Waals surface area contributed by atoms with E-state index in [0.29, 0.717) is 5.39 Å². The largest absolute Gasteiger partial charge is 0.321 e. The van der Waals surface area contributed by atoms with Crippen LogP contribution in [0.5, 0.6) is 0 Å². The van der Waals surface area contributed by atoms with Gasteiger partial charge in [0.2, 0.25) is 0 Å². The highest BCUT2D eigenvalue weighted by molar-refractivity contribution is 9.10. The molecule has 0 aliphatic carbocycles. The minimum atomic E-state index is -0.0605. The van der Waals surface area contributed by atoms with E-state index in [2.05, 4.69) is 27.0 Å². The number of halogens is 1. The summed E-state index contributed by atoms with van der Waals surface area (Å²) in [5, 5.41) is 1.65. The molecule has 2 aromatic carbocycles. The Morgan fingerprint density at radius 2 is 1.90 bits per heavy atom. The fourth-order valence-corrected chi connectivity index (χ4v) is 3.22. The van der Waals surface area contributed by atoms with Crippen molar-refractivity contribution in [2.45, 2.75) is 4.90 Å². The number of hydrogen-bond donors (Lipinski definition) is 1. The lowest BCUT2D eigenvalue weighted by Gasteiger charge is -2.08. The number of rotatable bonds is 2. The van der Waals surface area contributed by atoms with E-state index in [1.54, 1.807) is 11.8 Å². The van der Waals surface area contributed by atoms with Crippen molar-refractivity contribution in [1.29, 1.82) is 0 Å². The number of H-pyrrole nitrogens is 1. The number of hydrogen-bond acceptors (Lipinski definition) is 2. The molecule has 4 heteroatoms. The zero-order valence-electron chi connectivity index (χ0n) is 10.8. The first-order chi connectivity index (χ1) is 9.69. The third-order valence-corrected chi connectivity index (χ3v) is 4.49. The minimum Gasteiger partial charge on any atom is -0.321 e. The summed E-state index contributed by atoms with van der Waals surface area (Å²) in [6.07, 6.45) is 2.04. The van der Waals surface area contributed by atoms with E-state index in [1.807, 2.05) is 48.7 Å². The van der Waals surface area contributed by atoms with E-state index in [-0.39, 0.29) is 5.56 Å². The van der Waals surface area contributed by atoms with E-state index in [0.717, 1.165) is 26.0 Å². The third kappa shape index (κ3) is 2.41. The van der Waals surface area contributed by atoms with Crippen LogP contribution in [0.4, 0.5) is 0 Å². The topological polar surface area (TPSA) is 32.9 Å². The molecule has 0 atom stereocenters. The smallest absolute Gasteiger partial charge is 0.256 e. The number of aromatic nitrogens is 1. The van der Waals surface area contributed by atoms with Gasteiger partial charge in [-0.25, -0.2) is 0 Å². The molecule has 0 spiro atoms. The molecule has 0 aliphatic heterocycles. The maximum Gasteiger partial charge on any atom is 0.256 e. The van der Waals surface area contributed by atoms with Gasteiger partial charge in [-0.1, -0.05) is 40.2 Å². The van der Waals surface area contributed by atoms with E-state index < -0.39 is 0 Å². The summed E-state index contributed by atoms with van der Waals surface area (Å²) < 4.78 is 0.910. The first-order valence-corrected chi connectivity index (χ1v) is 8.17. The summed E-state index contributed by atoms with van der Waals surface area (Å²) in [4.78, 5) is 16.4. The molecule has 0 saturated carbocycles. The van der Waals surface area contributed by atoms with E-state index in [1.165, 1.54) is 0 Å². The number of pyridine rings is 1. The van der Waals surface area contributed by atoms with Crippen molar-refractivity contribution < 1.29 is 0 Å². The number of benzene rings is 2. The average molecular weight is 346 g/mol. The molecular formula is C16H12BrNOS. The van der Waals surface area contributed by atoms with Crippen LogP contribution in [-0.2, 0) is 0 Å². The predicted octanol–water partition coefficient (Wildman–Crippen LogP) is 4.68. The normalized spacial score (nSPS) is 10.9. The standard InChI is InChI=1S/C16H12BrNOS/c1-20-15-5-3-2-4-12(15)14-8-10-6-7-11(17)9-13(10)16(19)18-14/h2-9H,1H3,(H,18,19). The Morgan fingerprint density at radius 1 is 1.10 bits per heavy atom.